The van der Waals surface area contributed by atoms with E-state index >= 15 is 4.39 Å². The fourth-order valence-corrected chi connectivity index (χ4v) is 11.6. The number of nitrogens with zero attached hydrogens (tertiary/aromatic N) is 2. The van der Waals surface area contributed by atoms with Crippen molar-refractivity contribution in [3.63, 3.8) is 0 Å². The number of hydrogen-bond donors (Lipinski definition) is 0. The van der Waals surface area contributed by atoms with Crippen molar-refractivity contribution in [2.45, 2.75) is 9.79 Å². The molecule has 6 heteroatoms. The molecule has 0 bridgehead atoms. The third-order valence-corrected chi connectivity index (χ3v) is 14.2. The Labute approximate surface area is 412 Å². The zero-order chi connectivity index (χ0) is 58.3. The van der Waals surface area contributed by atoms with Crippen molar-refractivity contribution in [1.29, 1.82) is 0 Å². The van der Waals surface area contributed by atoms with Gasteiger partial charge in [-0.2, -0.15) is 0 Å². The number of hydrogen-bond acceptors (Lipinski definition) is 3. The van der Waals surface area contributed by atoms with Crippen LogP contribution in [0.1, 0.15) is 23.3 Å². The van der Waals surface area contributed by atoms with Gasteiger partial charge >= 0.3 is 0 Å². The minimum atomic E-state index is -1.27. The van der Waals surface area contributed by atoms with E-state index in [0.29, 0.717) is 38.4 Å². The summed E-state index contributed by atoms with van der Waals surface area (Å²) in [7, 11) is 0. The molecule has 306 valence electrons. The quantitative estimate of drug-likeness (QED) is 0.159. The molecule has 66 heavy (non-hydrogen) atoms. The third-order valence-electron chi connectivity index (χ3n) is 13.0. The van der Waals surface area contributed by atoms with Crippen LogP contribution in [0.15, 0.2) is 234 Å². The van der Waals surface area contributed by atoms with E-state index in [9.17, 15) is 15.1 Å². The first-order valence-electron chi connectivity index (χ1n) is 29.8. The van der Waals surface area contributed by atoms with Crippen LogP contribution < -0.4 is 42.6 Å². The largest absolute Gasteiger partial charge is 0.312 e. The second-order valence-electron chi connectivity index (χ2n) is 16.4. The SMILES string of the molecule is [2H]c1c([2H])c([2H])c(-c2c([2H])c([2H])c([2H])c(-c3c([2H])c([2H])c([2H])c([2H])c3[2H])c2N2c3c([2H])c([2H])c([2H])c([2H])c3B3c4cc(-c5ccccc5)ccc4N4c5ccc(-c6ccccc6)cc5B5c6ccccc6Sc6c(F)c2c3c4c65)c([2H])c1[2H]. The Bertz CT molecular complexity index is 4480. The van der Waals surface area contributed by atoms with Crippen molar-refractivity contribution in [3.8, 4) is 44.5 Å². The summed E-state index contributed by atoms with van der Waals surface area (Å²) in [4.78, 5) is 3.81. The smallest absolute Gasteiger partial charge is 0.252 e. The van der Waals surface area contributed by atoms with Gasteiger partial charge < -0.3 is 9.80 Å². The van der Waals surface area contributed by atoms with Crippen molar-refractivity contribution in [2.24, 2.45) is 0 Å². The fraction of sp³-hybridized carbons (Fsp3) is 0. The second kappa shape index (κ2) is 14.6. The van der Waals surface area contributed by atoms with Crippen LogP contribution >= 0.6 is 11.8 Å². The summed E-state index contributed by atoms with van der Waals surface area (Å²) < 4.78 is 179. The lowest BCUT2D eigenvalue weighted by Gasteiger charge is -2.50. The summed E-state index contributed by atoms with van der Waals surface area (Å²) in [6.07, 6.45) is 0. The highest BCUT2D eigenvalue weighted by Gasteiger charge is 2.52. The highest BCUT2D eigenvalue weighted by atomic mass is 32.2. The average Bonchev–Trinajstić information content (AvgIpc) is 0.856. The minimum Gasteiger partial charge on any atom is -0.312 e. The molecule has 0 saturated heterocycles. The van der Waals surface area contributed by atoms with E-state index in [2.05, 4.69) is 6.07 Å². The van der Waals surface area contributed by atoms with Crippen LogP contribution in [0.25, 0.3) is 44.5 Å². The van der Waals surface area contributed by atoms with Gasteiger partial charge in [-0.3, -0.25) is 0 Å². The van der Waals surface area contributed by atoms with Gasteiger partial charge in [-0.15, -0.1) is 0 Å². The van der Waals surface area contributed by atoms with Crippen LogP contribution in [0.4, 0.5) is 38.5 Å². The van der Waals surface area contributed by atoms with Crippen LogP contribution in [0.2, 0.25) is 0 Å². The number of benzene rings is 10. The van der Waals surface area contributed by atoms with Gasteiger partial charge in [0.2, 0.25) is 6.71 Å². The van der Waals surface area contributed by atoms with Gasteiger partial charge in [0.05, 0.1) is 34.7 Å². The molecule has 14 rings (SSSR count). The maximum atomic E-state index is 20.2. The van der Waals surface area contributed by atoms with Gasteiger partial charge in [-0.1, -0.05) is 217 Å². The Kier molecular flexibility index (Phi) is 5.42. The maximum absolute atomic E-state index is 20.2. The monoisotopic (exact) mass is 875 g/mol. The standard InChI is InChI=1S/C60H37B2FN2S/c63-56-59-54-58-55-60(56)66-53-31-16-14-29-47(53)62(55)49-37-43(39-20-7-2-8-21-39)33-35-52(49)64(58)51-34-32-42(38-18-5-1-6-19-38)36-48(51)61(54)46-28-13-15-30-50(46)65(59)57-44(40-22-9-3-10-23-40)26-17-27-45(57)41-24-11-4-12-25-41/h1-37H/i3D,4D,9D,10D,11D,12D,13D,15D,17D,22D,23D,24D,25D,26D,27D,28D,30D. The zero-order valence-electron chi connectivity index (χ0n) is 51.4. The van der Waals surface area contributed by atoms with E-state index in [1.165, 1.54) is 0 Å². The predicted octanol–water partition coefficient (Wildman–Crippen LogP) is 11.9. The van der Waals surface area contributed by atoms with Crippen LogP contribution in [0, 0.1) is 5.82 Å². The molecule has 10 aromatic carbocycles. The average molecular weight is 876 g/mol. The van der Waals surface area contributed by atoms with Crippen molar-refractivity contribution in [1.82, 2.24) is 0 Å². The summed E-state index contributed by atoms with van der Waals surface area (Å²) in [5, 5.41) is 0. The van der Waals surface area contributed by atoms with Gasteiger partial charge in [0.15, 0.2) is 5.82 Å². The first kappa shape index (κ1) is 24.5. The summed E-state index contributed by atoms with van der Waals surface area (Å²) in [6, 6.07) is 24.0. The Balaban J connectivity index is 1.24. The van der Waals surface area contributed by atoms with Crippen molar-refractivity contribution in [3.05, 3.63) is 230 Å². The molecule has 0 fully saturated rings. The number of rotatable bonds is 5. The minimum absolute atomic E-state index is 0.0728. The molecule has 0 unspecified atom stereocenters. The lowest BCUT2D eigenvalue weighted by molar-refractivity contribution is 0.606. The molecule has 0 aromatic heterocycles. The van der Waals surface area contributed by atoms with Gasteiger partial charge in [-0.05, 0) is 84.9 Å². The summed E-state index contributed by atoms with van der Waals surface area (Å²) >= 11 is 1.11. The number of halogens is 1. The number of para-hydroxylation sites is 2. The Hall–Kier alpha value is -7.79. The molecule has 4 heterocycles. The molecule has 0 spiro atoms. The lowest BCUT2D eigenvalue weighted by atomic mass is 9.29. The summed E-state index contributed by atoms with van der Waals surface area (Å²) in [5.74, 6) is -0.969. The number of fused-ring (bicyclic) bond motifs is 10. The summed E-state index contributed by atoms with van der Waals surface area (Å²) in [6.45, 7) is -1.95. The molecular formula is C60H37B2FN2S. The summed E-state index contributed by atoms with van der Waals surface area (Å²) in [5.41, 5.74) is 3.05. The zero-order valence-corrected chi connectivity index (χ0v) is 35.2. The molecule has 0 amide bonds. The van der Waals surface area contributed by atoms with E-state index in [1.807, 2.05) is 120 Å². The van der Waals surface area contributed by atoms with Gasteiger partial charge in [0.25, 0.3) is 6.71 Å². The van der Waals surface area contributed by atoms with Crippen LogP contribution in [0.5, 0.6) is 0 Å². The molecule has 0 radical (unpaired) electrons. The van der Waals surface area contributed by atoms with E-state index in [4.69, 9.17) is 8.22 Å². The molecular weight excluding hydrogens is 821 g/mol. The fourth-order valence-electron chi connectivity index (χ4n) is 10.4. The molecule has 0 N–H and O–H groups in total. The van der Waals surface area contributed by atoms with Gasteiger partial charge in [0, 0.05) is 43.7 Å². The first-order valence-corrected chi connectivity index (χ1v) is 22.1. The Morgan fingerprint density at radius 3 is 1.56 bits per heavy atom. The Morgan fingerprint density at radius 1 is 0.394 bits per heavy atom. The molecule has 0 saturated carbocycles. The lowest BCUT2D eigenvalue weighted by Crippen LogP contribution is -2.68. The third kappa shape index (κ3) is 5.39. The molecule has 4 aliphatic rings. The van der Waals surface area contributed by atoms with Crippen LogP contribution in [-0.4, -0.2) is 13.4 Å². The van der Waals surface area contributed by atoms with Crippen molar-refractivity contribution in [2.75, 3.05) is 9.80 Å². The van der Waals surface area contributed by atoms with E-state index in [-0.39, 0.29) is 15.8 Å². The highest BCUT2D eigenvalue weighted by molar-refractivity contribution is 8.00. The number of anilines is 6. The highest BCUT2D eigenvalue weighted by Crippen LogP contribution is 2.53. The molecule has 0 atom stereocenters. The normalized spacial score (nSPS) is 17.0. The maximum Gasteiger partial charge on any atom is 0.252 e. The first-order chi connectivity index (χ1) is 39.8. The molecule has 10 aromatic rings. The van der Waals surface area contributed by atoms with Gasteiger partial charge in [-0.25, -0.2) is 4.39 Å². The topological polar surface area (TPSA) is 6.48 Å². The van der Waals surface area contributed by atoms with E-state index < -0.39 is 161 Å². The molecule has 2 nitrogen and oxygen atoms in total. The van der Waals surface area contributed by atoms with Gasteiger partial charge in [0.1, 0.15) is 0 Å². The van der Waals surface area contributed by atoms with Crippen LogP contribution in [0.3, 0.4) is 0 Å². The van der Waals surface area contributed by atoms with E-state index in [1.54, 1.807) is 0 Å². The molecule has 4 aliphatic heterocycles. The second-order valence-corrected chi connectivity index (χ2v) is 17.4. The Morgan fingerprint density at radius 2 is 0.939 bits per heavy atom. The van der Waals surface area contributed by atoms with Crippen LogP contribution in [-0.2, 0) is 0 Å². The van der Waals surface area contributed by atoms with Crippen molar-refractivity contribution < 1.29 is 27.7 Å². The molecule has 0 aliphatic carbocycles. The predicted molar refractivity (Wildman–Crippen MR) is 277 cm³/mol. The van der Waals surface area contributed by atoms with Crippen molar-refractivity contribution >= 4 is 92.1 Å². The van der Waals surface area contributed by atoms with E-state index in [0.717, 1.165) is 44.3 Å².